The molecule has 0 unspecified atom stereocenters. The van der Waals surface area contributed by atoms with Gasteiger partial charge in [0, 0.05) is 17.7 Å². The van der Waals surface area contributed by atoms with Gasteiger partial charge in [-0.2, -0.15) is 0 Å². The molecule has 1 rings (SSSR count). The first kappa shape index (κ1) is 11.6. The Morgan fingerprint density at radius 2 is 1.87 bits per heavy atom. The van der Waals surface area contributed by atoms with Crippen LogP contribution in [0.15, 0.2) is 24.3 Å². The first-order chi connectivity index (χ1) is 6.87. The summed E-state index contributed by atoms with van der Waals surface area (Å²) in [5.41, 5.74) is -1.14. The van der Waals surface area contributed by atoms with Crippen LogP contribution in [0.4, 0.5) is 18.0 Å². The molecule has 0 atom stereocenters. The summed E-state index contributed by atoms with van der Waals surface area (Å²) in [6.45, 7) is 0. The Bertz CT molecular complexity index is 364. The number of ether oxygens (including phenoxy) is 2. The highest BCUT2D eigenvalue weighted by Gasteiger charge is 2.31. The standard InChI is InChI=1S/C8H4ClF3O3/c9-7(13)14-5-2-1-3-6(4-5)15-8(10,11)12/h1-4H. The first-order valence-corrected chi connectivity index (χ1v) is 3.98. The third-order valence-electron chi connectivity index (χ3n) is 1.24. The highest BCUT2D eigenvalue weighted by molar-refractivity contribution is 6.61. The molecule has 1 aromatic carbocycles. The van der Waals surface area contributed by atoms with Crippen LogP contribution in [0.5, 0.6) is 11.5 Å². The van der Waals surface area contributed by atoms with E-state index < -0.39 is 17.5 Å². The molecule has 0 aliphatic carbocycles. The maximum atomic E-state index is 11.8. The van der Waals surface area contributed by atoms with E-state index in [1.54, 1.807) is 0 Å². The van der Waals surface area contributed by atoms with Crippen molar-refractivity contribution in [1.82, 2.24) is 0 Å². The van der Waals surface area contributed by atoms with Crippen LogP contribution in [-0.4, -0.2) is 11.8 Å². The smallest absolute Gasteiger partial charge is 0.414 e. The van der Waals surface area contributed by atoms with Gasteiger partial charge in [-0.25, -0.2) is 4.79 Å². The number of alkyl halides is 3. The summed E-state index contributed by atoms with van der Waals surface area (Å²) >= 11 is 4.87. The molecule has 7 heteroatoms. The third kappa shape index (κ3) is 4.55. The lowest BCUT2D eigenvalue weighted by Gasteiger charge is -2.09. The van der Waals surface area contributed by atoms with Gasteiger partial charge in [-0.05, 0) is 12.1 Å². The number of halogens is 4. The van der Waals surface area contributed by atoms with Gasteiger partial charge in [0.2, 0.25) is 0 Å². The SMILES string of the molecule is O=C(Cl)Oc1cccc(OC(F)(F)F)c1. The zero-order valence-electron chi connectivity index (χ0n) is 7.05. The van der Waals surface area contributed by atoms with Gasteiger partial charge in [0.25, 0.3) is 0 Å². The van der Waals surface area contributed by atoms with Crippen molar-refractivity contribution in [1.29, 1.82) is 0 Å². The topological polar surface area (TPSA) is 35.5 Å². The second-order valence-corrected chi connectivity index (χ2v) is 2.67. The van der Waals surface area contributed by atoms with Crippen LogP contribution in [0, 0.1) is 0 Å². The zero-order chi connectivity index (χ0) is 11.5. The predicted octanol–water partition coefficient (Wildman–Crippen LogP) is 3.32. The molecule has 1 aromatic rings. The van der Waals surface area contributed by atoms with Crippen molar-refractivity contribution in [2.24, 2.45) is 0 Å². The minimum Gasteiger partial charge on any atom is -0.414 e. The number of rotatable bonds is 2. The molecule has 0 radical (unpaired) electrons. The van der Waals surface area contributed by atoms with E-state index in [-0.39, 0.29) is 5.75 Å². The fraction of sp³-hybridized carbons (Fsp3) is 0.125. The normalized spacial score (nSPS) is 10.9. The van der Waals surface area contributed by atoms with Crippen LogP contribution in [0.2, 0.25) is 0 Å². The number of hydrogen-bond donors (Lipinski definition) is 0. The molecular weight excluding hydrogens is 237 g/mol. The van der Waals surface area contributed by atoms with Crippen molar-refractivity contribution in [3.05, 3.63) is 24.3 Å². The lowest BCUT2D eigenvalue weighted by molar-refractivity contribution is -0.274. The molecule has 0 aliphatic rings. The second-order valence-electron chi connectivity index (χ2n) is 2.36. The molecule has 0 heterocycles. The summed E-state index contributed by atoms with van der Waals surface area (Å²) in [4.78, 5) is 10.3. The molecule has 15 heavy (non-hydrogen) atoms. The summed E-state index contributed by atoms with van der Waals surface area (Å²) in [6.07, 6.45) is -4.79. The Morgan fingerprint density at radius 1 is 1.27 bits per heavy atom. The van der Waals surface area contributed by atoms with Crippen molar-refractivity contribution in [3.8, 4) is 11.5 Å². The van der Waals surface area contributed by atoms with E-state index in [2.05, 4.69) is 9.47 Å². The number of carbonyl (C=O) groups excluding carboxylic acids is 1. The van der Waals surface area contributed by atoms with Crippen molar-refractivity contribution >= 4 is 17.0 Å². The molecule has 0 aliphatic heterocycles. The van der Waals surface area contributed by atoms with Gasteiger partial charge < -0.3 is 9.47 Å². The largest absolute Gasteiger partial charge is 0.573 e. The van der Waals surface area contributed by atoms with E-state index in [0.717, 1.165) is 12.1 Å². The maximum Gasteiger partial charge on any atom is 0.573 e. The van der Waals surface area contributed by atoms with Gasteiger partial charge >= 0.3 is 11.8 Å². The molecule has 0 N–H and O–H groups in total. The van der Waals surface area contributed by atoms with Crippen LogP contribution in [0.25, 0.3) is 0 Å². The monoisotopic (exact) mass is 240 g/mol. The van der Waals surface area contributed by atoms with Crippen molar-refractivity contribution in [2.45, 2.75) is 6.36 Å². The summed E-state index contributed by atoms with van der Waals surface area (Å²) in [5.74, 6) is -0.616. The summed E-state index contributed by atoms with van der Waals surface area (Å²) in [6, 6.07) is 4.46. The Balaban J connectivity index is 2.79. The Labute approximate surface area is 87.3 Å². The highest BCUT2D eigenvalue weighted by atomic mass is 35.5. The van der Waals surface area contributed by atoms with E-state index in [1.165, 1.54) is 12.1 Å². The molecular formula is C8H4ClF3O3. The predicted molar refractivity (Wildman–Crippen MR) is 45.0 cm³/mol. The molecule has 3 nitrogen and oxygen atoms in total. The first-order valence-electron chi connectivity index (χ1n) is 3.60. The van der Waals surface area contributed by atoms with Gasteiger partial charge in [-0.15, -0.1) is 13.2 Å². The summed E-state index contributed by atoms with van der Waals surface area (Å²) in [5, 5.41) is 0. The number of benzene rings is 1. The lowest BCUT2D eigenvalue weighted by atomic mass is 10.3. The Morgan fingerprint density at radius 3 is 2.40 bits per heavy atom. The fourth-order valence-electron chi connectivity index (χ4n) is 0.827. The van der Waals surface area contributed by atoms with Crippen LogP contribution in [0.1, 0.15) is 0 Å². The van der Waals surface area contributed by atoms with E-state index >= 15 is 0 Å². The van der Waals surface area contributed by atoms with Gasteiger partial charge in [0.05, 0.1) is 0 Å². The molecule has 0 bridgehead atoms. The Hall–Kier alpha value is -1.43. The minimum atomic E-state index is -4.79. The van der Waals surface area contributed by atoms with Crippen LogP contribution < -0.4 is 9.47 Å². The zero-order valence-corrected chi connectivity index (χ0v) is 7.80. The fourth-order valence-corrected chi connectivity index (χ4v) is 0.917. The number of carbonyl (C=O) groups is 1. The highest BCUT2D eigenvalue weighted by Crippen LogP contribution is 2.26. The summed E-state index contributed by atoms with van der Waals surface area (Å²) in [7, 11) is 0. The average Bonchev–Trinajstić information content (AvgIpc) is 1.99. The van der Waals surface area contributed by atoms with Gasteiger partial charge in [-0.1, -0.05) is 6.07 Å². The van der Waals surface area contributed by atoms with Crippen molar-refractivity contribution in [3.63, 3.8) is 0 Å². The van der Waals surface area contributed by atoms with Crippen molar-refractivity contribution in [2.75, 3.05) is 0 Å². The average molecular weight is 241 g/mol. The Kier molecular flexibility index (Phi) is 3.41. The summed E-state index contributed by atoms with van der Waals surface area (Å²) < 4.78 is 43.3. The van der Waals surface area contributed by atoms with Crippen LogP contribution >= 0.6 is 11.6 Å². The van der Waals surface area contributed by atoms with Gasteiger partial charge in [-0.3, -0.25) is 0 Å². The molecule has 0 fully saturated rings. The lowest BCUT2D eigenvalue weighted by Crippen LogP contribution is -2.17. The van der Waals surface area contributed by atoms with Crippen LogP contribution in [-0.2, 0) is 0 Å². The minimum absolute atomic E-state index is 0.128. The molecule has 0 amide bonds. The van der Waals surface area contributed by atoms with Crippen LogP contribution in [0.3, 0.4) is 0 Å². The second kappa shape index (κ2) is 4.39. The van der Waals surface area contributed by atoms with Gasteiger partial charge in [0.15, 0.2) is 0 Å². The van der Waals surface area contributed by atoms with Crippen molar-refractivity contribution < 1.29 is 27.4 Å². The van der Waals surface area contributed by atoms with E-state index in [1.807, 2.05) is 0 Å². The molecule has 82 valence electrons. The molecule has 0 saturated heterocycles. The van der Waals surface area contributed by atoms with E-state index in [9.17, 15) is 18.0 Å². The van der Waals surface area contributed by atoms with E-state index in [4.69, 9.17) is 11.6 Å². The van der Waals surface area contributed by atoms with Gasteiger partial charge in [0.1, 0.15) is 11.5 Å². The van der Waals surface area contributed by atoms with E-state index in [0.29, 0.717) is 0 Å². The molecule has 0 spiro atoms. The number of hydrogen-bond acceptors (Lipinski definition) is 3. The molecule has 0 saturated carbocycles. The quantitative estimate of drug-likeness (QED) is 0.744. The maximum absolute atomic E-state index is 11.8. The molecule has 0 aromatic heterocycles. The third-order valence-corrected chi connectivity index (χ3v) is 1.31.